The molecule has 0 aromatic carbocycles. The first kappa shape index (κ1) is 19.4. The molecular formula is C17H33NO2Si2. The van der Waals surface area contributed by atoms with E-state index >= 15 is 0 Å². The highest BCUT2D eigenvalue weighted by Crippen LogP contribution is 2.36. The van der Waals surface area contributed by atoms with Crippen molar-refractivity contribution in [1.82, 2.24) is 4.98 Å². The predicted molar refractivity (Wildman–Crippen MR) is 99.7 cm³/mol. The van der Waals surface area contributed by atoms with Gasteiger partial charge < -0.3 is 8.85 Å². The number of aromatic nitrogens is 1. The fraction of sp³-hybridized carbons (Fsp3) is 0.706. The van der Waals surface area contributed by atoms with Crippen LogP contribution in [0.25, 0.3) is 0 Å². The lowest BCUT2D eigenvalue weighted by Crippen LogP contribution is -2.41. The van der Waals surface area contributed by atoms with Gasteiger partial charge in [-0.3, -0.25) is 0 Å². The number of pyridine rings is 1. The lowest BCUT2D eigenvalue weighted by Gasteiger charge is -2.36. The Morgan fingerprint density at radius 3 is 2.27 bits per heavy atom. The molecule has 0 saturated heterocycles. The maximum absolute atomic E-state index is 6.23. The zero-order chi connectivity index (χ0) is 17.0. The van der Waals surface area contributed by atoms with Gasteiger partial charge in [0, 0.05) is 18.9 Å². The first-order valence-corrected chi connectivity index (χ1v) is 14.5. The molecule has 5 heteroatoms. The SMILES string of the molecule is CC(C)(C)[Si](C)(C)OCCCc1ccnc(O[Si](C)(C)C)c1. The highest BCUT2D eigenvalue weighted by molar-refractivity contribution is 6.74. The third kappa shape index (κ3) is 6.63. The molecule has 0 spiro atoms. The van der Waals surface area contributed by atoms with Crippen LogP contribution in [-0.4, -0.2) is 28.2 Å². The summed E-state index contributed by atoms with van der Waals surface area (Å²) in [4.78, 5) is 4.31. The quantitative estimate of drug-likeness (QED) is 0.502. The van der Waals surface area contributed by atoms with Crippen molar-refractivity contribution in [2.24, 2.45) is 0 Å². The molecule has 0 fully saturated rings. The molecule has 0 aliphatic carbocycles. The van der Waals surface area contributed by atoms with Crippen LogP contribution in [0, 0.1) is 0 Å². The van der Waals surface area contributed by atoms with Gasteiger partial charge in [-0.15, -0.1) is 0 Å². The van der Waals surface area contributed by atoms with Gasteiger partial charge >= 0.3 is 0 Å². The zero-order valence-corrected chi connectivity index (χ0v) is 17.6. The fourth-order valence-corrected chi connectivity index (χ4v) is 3.62. The van der Waals surface area contributed by atoms with Crippen molar-refractivity contribution in [3.63, 3.8) is 0 Å². The highest BCUT2D eigenvalue weighted by atomic mass is 28.4. The van der Waals surface area contributed by atoms with E-state index in [0.717, 1.165) is 25.3 Å². The van der Waals surface area contributed by atoms with Gasteiger partial charge in [0.25, 0.3) is 0 Å². The summed E-state index contributed by atoms with van der Waals surface area (Å²) < 4.78 is 12.2. The van der Waals surface area contributed by atoms with Gasteiger partial charge in [0.15, 0.2) is 14.2 Å². The summed E-state index contributed by atoms with van der Waals surface area (Å²) >= 11 is 0. The molecule has 0 bridgehead atoms. The lowest BCUT2D eigenvalue weighted by atomic mass is 10.1. The molecule has 1 rings (SSSR count). The molecule has 0 aliphatic rings. The third-order valence-electron chi connectivity index (χ3n) is 4.09. The van der Waals surface area contributed by atoms with E-state index in [2.05, 4.69) is 70.6 Å². The van der Waals surface area contributed by atoms with Crippen LogP contribution < -0.4 is 4.43 Å². The maximum Gasteiger partial charge on any atom is 0.244 e. The van der Waals surface area contributed by atoms with Gasteiger partial charge in [0.2, 0.25) is 8.32 Å². The van der Waals surface area contributed by atoms with Crippen molar-refractivity contribution in [2.75, 3.05) is 6.61 Å². The monoisotopic (exact) mass is 339 g/mol. The summed E-state index contributed by atoms with van der Waals surface area (Å²) in [6.45, 7) is 18.8. The molecule has 22 heavy (non-hydrogen) atoms. The van der Waals surface area contributed by atoms with Crippen molar-refractivity contribution in [2.45, 2.75) is 71.4 Å². The van der Waals surface area contributed by atoms with Crippen molar-refractivity contribution in [3.05, 3.63) is 23.9 Å². The molecule has 0 atom stereocenters. The van der Waals surface area contributed by atoms with Gasteiger partial charge in [-0.05, 0) is 62.2 Å². The third-order valence-corrected chi connectivity index (χ3v) is 9.45. The van der Waals surface area contributed by atoms with Crippen LogP contribution in [0.4, 0.5) is 0 Å². The van der Waals surface area contributed by atoms with Crippen molar-refractivity contribution in [3.8, 4) is 5.88 Å². The zero-order valence-electron chi connectivity index (χ0n) is 15.6. The summed E-state index contributed by atoms with van der Waals surface area (Å²) in [5.74, 6) is 0.766. The number of aryl methyl sites for hydroxylation is 1. The summed E-state index contributed by atoms with van der Waals surface area (Å²) in [7, 11) is -3.20. The minimum Gasteiger partial charge on any atom is -0.531 e. The van der Waals surface area contributed by atoms with Crippen LogP contribution >= 0.6 is 0 Å². The van der Waals surface area contributed by atoms with Gasteiger partial charge in [0.05, 0.1) is 0 Å². The molecule has 0 aliphatic heterocycles. The number of hydrogen-bond acceptors (Lipinski definition) is 3. The number of rotatable bonds is 7. The Hall–Kier alpha value is -0.656. The van der Waals surface area contributed by atoms with Crippen LogP contribution in [-0.2, 0) is 10.8 Å². The van der Waals surface area contributed by atoms with E-state index in [4.69, 9.17) is 8.85 Å². The minimum atomic E-state index is -1.62. The summed E-state index contributed by atoms with van der Waals surface area (Å²) in [6.07, 6.45) is 3.90. The van der Waals surface area contributed by atoms with E-state index < -0.39 is 16.6 Å². The molecule has 1 aromatic heterocycles. The van der Waals surface area contributed by atoms with Crippen LogP contribution in [0.2, 0.25) is 37.8 Å². The molecule has 0 N–H and O–H groups in total. The Kier molecular flexibility index (Phi) is 6.41. The summed E-state index contributed by atoms with van der Waals surface area (Å²) in [5, 5.41) is 0.280. The average Bonchev–Trinajstić information content (AvgIpc) is 2.31. The van der Waals surface area contributed by atoms with Crippen LogP contribution in [0.5, 0.6) is 5.88 Å². The molecule has 0 amide bonds. The second kappa shape index (κ2) is 7.28. The van der Waals surface area contributed by atoms with E-state index in [0.29, 0.717) is 0 Å². The highest BCUT2D eigenvalue weighted by Gasteiger charge is 2.36. The lowest BCUT2D eigenvalue weighted by molar-refractivity contribution is 0.282. The van der Waals surface area contributed by atoms with Gasteiger partial charge in [0.1, 0.15) is 0 Å². The topological polar surface area (TPSA) is 31.4 Å². The van der Waals surface area contributed by atoms with E-state index in [1.54, 1.807) is 0 Å². The molecule has 126 valence electrons. The average molecular weight is 340 g/mol. The van der Waals surface area contributed by atoms with E-state index in [1.807, 2.05) is 6.20 Å². The van der Waals surface area contributed by atoms with E-state index in [-0.39, 0.29) is 5.04 Å². The largest absolute Gasteiger partial charge is 0.531 e. The molecular weight excluding hydrogens is 306 g/mol. The van der Waals surface area contributed by atoms with Crippen LogP contribution in [0.3, 0.4) is 0 Å². The Morgan fingerprint density at radius 1 is 1.09 bits per heavy atom. The Morgan fingerprint density at radius 2 is 1.73 bits per heavy atom. The maximum atomic E-state index is 6.23. The van der Waals surface area contributed by atoms with Crippen molar-refractivity contribution >= 4 is 16.6 Å². The molecule has 0 unspecified atom stereocenters. The van der Waals surface area contributed by atoms with E-state index in [1.165, 1.54) is 5.56 Å². The van der Waals surface area contributed by atoms with Gasteiger partial charge in [-0.1, -0.05) is 20.8 Å². The standard InChI is InChI=1S/C17H33NO2Si2/c1-17(2,3)22(7,8)19-13-9-10-15-11-12-18-16(14-15)20-21(4,5)6/h11-12,14H,9-10,13H2,1-8H3. The molecule has 1 heterocycles. The smallest absolute Gasteiger partial charge is 0.244 e. The first-order chi connectivity index (χ1) is 9.91. The molecule has 0 saturated carbocycles. The van der Waals surface area contributed by atoms with Crippen LogP contribution in [0.1, 0.15) is 32.8 Å². The van der Waals surface area contributed by atoms with Crippen molar-refractivity contribution in [1.29, 1.82) is 0 Å². The normalized spacial score (nSPS) is 13.3. The Balaban J connectivity index is 2.48. The predicted octanol–water partition coefficient (Wildman–Crippen LogP) is 5.25. The first-order valence-electron chi connectivity index (χ1n) is 8.19. The fourth-order valence-electron chi connectivity index (χ4n) is 1.80. The minimum absolute atomic E-state index is 0.280. The summed E-state index contributed by atoms with van der Waals surface area (Å²) in [5.41, 5.74) is 1.28. The van der Waals surface area contributed by atoms with Crippen LogP contribution in [0.15, 0.2) is 18.3 Å². The Labute approximate surface area is 138 Å². The van der Waals surface area contributed by atoms with E-state index in [9.17, 15) is 0 Å². The van der Waals surface area contributed by atoms with Gasteiger partial charge in [-0.25, -0.2) is 4.98 Å². The number of nitrogens with zero attached hydrogens (tertiary/aromatic N) is 1. The van der Waals surface area contributed by atoms with Gasteiger partial charge in [-0.2, -0.15) is 0 Å². The Bertz CT molecular complexity index is 476. The second-order valence-corrected chi connectivity index (χ2v) is 17.7. The molecule has 3 nitrogen and oxygen atoms in total. The summed E-state index contributed by atoms with van der Waals surface area (Å²) in [6, 6.07) is 4.15. The van der Waals surface area contributed by atoms with Crippen molar-refractivity contribution < 1.29 is 8.85 Å². The second-order valence-electron chi connectivity index (χ2n) is 8.43. The molecule has 0 radical (unpaired) electrons. The number of hydrogen-bond donors (Lipinski definition) is 0. The molecule has 1 aromatic rings.